The highest BCUT2D eigenvalue weighted by atomic mass is 32.1. The minimum atomic E-state index is 0.0146. The molecular weight excluding hydrogens is 270 g/mol. The molecule has 0 saturated heterocycles. The van der Waals surface area contributed by atoms with Crippen molar-refractivity contribution in [1.82, 2.24) is 10.3 Å². The molecule has 2 aromatic rings. The Labute approximate surface area is 122 Å². The first-order valence-electron chi connectivity index (χ1n) is 6.85. The van der Waals surface area contributed by atoms with Crippen LogP contribution in [0.5, 0.6) is 0 Å². The zero-order valence-corrected chi connectivity index (χ0v) is 12.0. The van der Waals surface area contributed by atoms with E-state index in [0.29, 0.717) is 6.54 Å². The van der Waals surface area contributed by atoms with E-state index in [-0.39, 0.29) is 5.91 Å². The first-order valence-corrected chi connectivity index (χ1v) is 7.80. The van der Waals surface area contributed by atoms with E-state index < -0.39 is 0 Å². The van der Waals surface area contributed by atoms with Gasteiger partial charge in [-0.25, -0.2) is 4.98 Å². The average molecular weight is 287 g/mol. The van der Waals surface area contributed by atoms with Gasteiger partial charge in [0.05, 0.1) is 11.2 Å². The van der Waals surface area contributed by atoms with Crippen molar-refractivity contribution in [2.75, 3.05) is 18.4 Å². The van der Waals surface area contributed by atoms with Crippen LogP contribution in [0.2, 0.25) is 0 Å². The summed E-state index contributed by atoms with van der Waals surface area (Å²) >= 11 is 1.58. The van der Waals surface area contributed by atoms with E-state index in [1.807, 2.05) is 29.1 Å². The second-order valence-corrected chi connectivity index (χ2v) is 5.57. The first-order chi connectivity index (χ1) is 9.84. The summed E-state index contributed by atoms with van der Waals surface area (Å²) in [7, 11) is 0. The van der Waals surface area contributed by atoms with Crippen LogP contribution in [-0.2, 0) is 12.8 Å². The van der Waals surface area contributed by atoms with E-state index in [1.54, 1.807) is 11.3 Å². The Morgan fingerprint density at radius 3 is 3.25 bits per heavy atom. The predicted molar refractivity (Wildman–Crippen MR) is 81.4 cm³/mol. The number of anilines is 1. The van der Waals surface area contributed by atoms with Crippen LogP contribution in [0.25, 0.3) is 0 Å². The third-order valence-electron chi connectivity index (χ3n) is 3.49. The molecule has 1 aromatic carbocycles. The highest BCUT2D eigenvalue weighted by Crippen LogP contribution is 2.25. The number of aromatic nitrogens is 1. The zero-order chi connectivity index (χ0) is 13.8. The molecule has 104 valence electrons. The molecule has 0 fully saturated rings. The molecule has 1 aliphatic heterocycles. The average Bonchev–Trinajstić information content (AvgIpc) is 3.00. The van der Waals surface area contributed by atoms with Gasteiger partial charge in [-0.3, -0.25) is 4.79 Å². The molecule has 0 bridgehead atoms. The minimum Gasteiger partial charge on any atom is -0.385 e. The monoisotopic (exact) mass is 287 g/mol. The lowest BCUT2D eigenvalue weighted by Crippen LogP contribution is -2.28. The van der Waals surface area contributed by atoms with Gasteiger partial charge in [-0.1, -0.05) is 6.07 Å². The number of nitrogens with zero attached hydrogens (tertiary/aromatic N) is 1. The van der Waals surface area contributed by atoms with Crippen LogP contribution in [0.15, 0.2) is 29.1 Å². The van der Waals surface area contributed by atoms with E-state index in [1.165, 1.54) is 0 Å². The number of amides is 1. The summed E-state index contributed by atoms with van der Waals surface area (Å²) in [5, 5.41) is 8.35. The van der Waals surface area contributed by atoms with Gasteiger partial charge in [0.25, 0.3) is 5.91 Å². The highest BCUT2D eigenvalue weighted by molar-refractivity contribution is 7.07. The summed E-state index contributed by atoms with van der Waals surface area (Å²) in [6.07, 6.45) is 2.83. The van der Waals surface area contributed by atoms with Crippen molar-refractivity contribution in [1.29, 1.82) is 0 Å². The zero-order valence-electron chi connectivity index (χ0n) is 11.2. The Morgan fingerprint density at radius 2 is 2.40 bits per heavy atom. The lowest BCUT2D eigenvalue weighted by molar-refractivity contribution is 0.0953. The molecule has 2 N–H and O–H groups in total. The SMILES string of the molecule is O=C(NCCc1cscn1)c1cccc2c1CCCN2. The molecule has 0 saturated carbocycles. The van der Waals surface area contributed by atoms with Gasteiger partial charge in [-0.15, -0.1) is 11.3 Å². The summed E-state index contributed by atoms with van der Waals surface area (Å²) in [5.41, 5.74) is 5.89. The van der Waals surface area contributed by atoms with Gasteiger partial charge < -0.3 is 10.6 Å². The molecule has 4 nitrogen and oxygen atoms in total. The molecule has 1 amide bonds. The number of carbonyl (C=O) groups excluding carboxylic acids is 1. The van der Waals surface area contributed by atoms with Gasteiger partial charge in [0.1, 0.15) is 0 Å². The van der Waals surface area contributed by atoms with Crippen molar-refractivity contribution >= 4 is 22.9 Å². The van der Waals surface area contributed by atoms with Crippen LogP contribution in [-0.4, -0.2) is 24.0 Å². The number of nitrogens with one attached hydrogen (secondary N) is 2. The Hall–Kier alpha value is -1.88. The molecule has 20 heavy (non-hydrogen) atoms. The van der Waals surface area contributed by atoms with E-state index in [9.17, 15) is 4.79 Å². The van der Waals surface area contributed by atoms with Crippen LogP contribution >= 0.6 is 11.3 Å². The number of hydrogen-bond donors (Lipinski definition) is 2. The fourth-order valence-electron chi connectivity index (χ4n) is 2.48. The largest absolute Gasteiger partial charge is 0.385 e. The molecule has 3 rings (SSSR count). The lowest BCUT2D eigenvalue weighted by Gasteiger charge is -2.20. The number of carbonyl (C=O) groups is 1. The van der Waals surface area contributed by atoms with Crippen molar-refractivity contribution in [3.8, 4) is 0 Å². The summed E-state index contributed by atoms with van der Waals surface area (Å²) < 4.78 is 0. The van der Waals surface area contributed by atoms with Crippen molar-refractivity contribution in [3.63, 3.8) is 0 Å². The highest BCUT2D eigenvalue weighted by Gasteiger charge is 2.16. The van der Waals surface area contributed by atoms with E-state index >= 15 is 0 Å². The van der Waals surface area contributed by atoms with Gasteiger partial charge in [-0.2, -0.15) is 0 Å². The van der Waals surface area contributed by atoms with Gasteiger partial charge in [0, 0.05) is 36.1 Å². The molecule has 1 aliphatic rings. The molecule has 0 radical (unpaired) electrons. The molecular formula is C15H17N3OS. The fourth-order valence-corrected chi connectivity index (χ4v) is 3.08. The van der Waals surface area contributed by atoms with Gasteiger partial charge in [-0.05, 0) is 30.5 Å². The van der Waals surface area contributed by atoms with Gasteiger partial charge in [0.15, 0.2) is 0 Å². The van der Waals surface area contributed by atoms with E-state index in [4.69, 9.17) is 0 Å². The molecule has 1 aromatic heterocycles. The Bertz CT molecular complexity index is 595. The van der Waals surface area contributed by atoms with E-state index in [2.05, 4.69) is 15.6 Å². The third-order valence-corrected chi connectivity index (χ3v) is 4.13. The number of fused-ring (bicyclic) bond motifs is 1. The van der Waals surface area contributed by atoms with Crippen molar-refractivity contribution in [3.05, 3.63) is 45.9 Å². The third kappa shape index (κ3) is 2.82. The predicted octanol–water partition coefficient (Wildman–Crippen LogP) is 2.47. The maximum Gasteiger partial charge on any atom is 0.251 e. The molecule has 0 atom stereocenters. The molecule has 0 spiro atoms. The quantitative estimate of drug-likeness (QED) is 0.908. The number of rotatable bonds is 4. The first kappa shape index (κ1) is 13.1. The van der Waals surface area contributed by atoms with Crippen LogP contribution in [0.1, 0.15) is 28.0 Å². The molecule has 5 heteroatoms. The maximum absolute atomic E-state index is 12.3. The van der Waals surface area contributed by atoms with Crippen LogP contribution in [0, 0.1) is 0 Å². The Kier molecular flexibility index (Phi) is 3.97. The molecule has 0 unspecified atom stereocenters. The lowest BCUT2D eigenvalue weighted by atomic mass is 9.97. The summed E-state index contributed by atoms with van der Waals surface area (Å²) in [6, 6.07) is 5.89. The number of benzene rings is 1. The number of thiazole rings is 1. The van der Waals surface area contributed by atoms with Crippen molar-refractivity contribution < 1.29 is 4.79 Å². The maximum atomic E-state index is 12.3. The van der Waals surface area contributed by atoms with E-state index in [0.717, 1.165) is 48.3 Å². The number of hydrogen-bond acceptors (Lipinski definition) is 4. The molecule has 0 aliphatic carbocycles. The second-order valence-electron chi connectivity index (χ2n) is 4.85. The Morgan fingerprint density at radius 1 is 1.45 bits per heavy atom. The summed E-state index contributed by atoms with van der Waals surface area (Å²) in [4.78, 5) is 16.5. The smallest absolute Gasteiger partial charge is 0.251 e. The van der Waals surface area contributed by atoms with Crippen molar-refractivity contribution in [2.24, 2.45) is 0 Å². The van der Waals surface area contributed by atoms with Crippen LogP contribution in [0.4, 0.5) is 5.69 Å². The second kappa shape index (κ2) is 6.05. The topological polar surface area (TPSA) is 54.0 Å². The summed E-state index contributed by atoms with van der Waals surface area (Å²) in [5.74, 6) is 0.0146. The Balaban J connectivity index is 1.65. The van der Waals surface area contributed by atoms with Gasteiger partial charge >= 0.3 is 0 Å². The standard InChI is InChI=1S/C15H17N3OS/c19-15(17-8-6-11-9-20-10-18-11)13-3-1-5-14-12(13)4-2-7-16-14/h1,3,5,9-10,16H,2,4,6-8H2,(H,17,19). The fraction of sp³-hybridized carbons (Fsp3) is 0.333. The van der Waals surface area contributed by atoms with Crippen LogP contribution in [0.3, 0.4) is 0 Å². The van der Waals surface area contributed by atoms with Crippen LogP contribution < -0.4 is 10.6 Å². The van der Waals surface area contributed by atoms with Crippen molar-refractivity contribution in [2.45, 2.75) is 19.3 Å². The van der Waals surface area contributed by atoms with Gasteiger partial charge in [0.2, 0.25) is 0 Å². The molecule has 2 heterocycles. The summed E-state index contributed by atoms with van der Waals surface area (Å²) in [6.45, 7) is 1.61. The minimum absolute atomic E-state index is 0.0146. The normalized spacial score (nSPS) is 13.4.